The molecule has 9 heteroatoms. The van der Waals surface area contributed by atoms with Crippen molar-refractivity contribution in [1.29, 1.82) is 0 Å². The smallest absolute Gasteiger partial charge is 0.342 e. The molecule has 34 heavy (non-hydrogen) atoms. The molecular weight excluding hydrogens is 465 g/mol. The molecule has 0 radical (unpaired) electrons. The van der Waals surface area contributed by atoms with Crippen molar-refractivity contribution in [1.82, 2.24) is 9.29 Å². The van der Waals surface area contributed by atoms with Crippen molar-refractivity contribution >= 4 is 26.8 Å². The molecule has 0 spiro atoms. The summed E-state index contributed by atoms with van der Waals surface area (Å²) in [4.78, 5) is 11.4. The van der Waals surface area contributed by atoms with E-state index >= 15 is 0 Å². The molecule has 0 fully saturated rings. The van der Waals surface area contributed by atoms with Gasteiger partial charge in [-0.05, 0) is 42.3 Å². The van der Waals surface area contributed by atoms with Crippen molar-refractivity contribution in [2.75, 3.05) is 0 Å². The number of nitrogens with zero attached hydrogens (tertiary/aromatic N) is 1. The minimum atomic E-state index is -4.95. The second kappa shape index (κ2) is 8.98. The molecule has 0 aliphatic rings. The van der Waals surface area contributed by atoms with Gasteiger partial charge in [0.1, 0.15) is 0 Å². The number of alkyl halides is 3. The van der Waals surface area contributed by atoms with Crippen LogP contribution in [0.15, 0.2) is 89.8 Å². The quantitative estimate of drug-likeness (QED) is 0.407. The highest BCUT2D eigenvalue weighted by Gasteiger charge is 2.39. The van der Waals surface area contributed by atoms with Gasteiger partial charge in [0.15, 0.2) is 0 Å². The van der Waals surface area contributed by atoms with E-state index < -0.39 is 28.1 Å². The van der Waals surface area contributed by atoms with Gasteiger partial charge >= 0.3 is 12.1 Å². The minimum Gasteiger partial charge on any atom is -0.342 e. The van der Waals surface area contributed by atoms with Crippen molar-refractivity contribution in [3.8, 4) is 0 Å². The maximum Gasteiger partial charge on any atom is 0.471 e. The van der Waals surface area contributed by atoms with E-state index in [9.17, 15) is 26.4 Å². The third kappa shape index (κ3) is 4.70. The summed E-state index contributed by atoms with van der Waals surface area (Å²) in [6.45, 7) is 1.46. The monoisotopic (exact) mass is 486 g/mol. The molecule has 1 N–H and O–H groups in total. The van der Waals surface area contributed by atoms with Crippen molar-refractivity contribution in [3.63, 3.8) is 0 Å². The molecule has 0 bridgehead atoms. The van der Waals surface area contributed by atoms with Gasteiger partial charge in [-0.3, -0.25) is 4.79 Å². The summed E-state index contributed by atoms with van der Waals surface area (Å²) in [5.41, 5.74) is 2.38. The first-order chi connectivity index (χ1) is 16.1. The predicted molar refractivity (Wildman–Crippen MR) is 123 cm³/mol. The Balaban J connectivity index is 1.66. The summed E-state index contributed by atoms with van der Waals surface area (Å²) in [7, 11) is -3.86. The zero-order valence-corrected chi connectivity index (χ0v) is 18.9. The molecule has 1 atom stereocenters. The van der Waals surface area contributed by atoms with Gasteiger partial charge in [0.2, 0.25) is 0 Å². The third-order valence-electron chi connectivity index (χ3n) is 5.49. The third-order valence-corrected chi connectivity index (χ3v) is 7.27. The first-order valence-electron chi connectivity index (χ1n) is 10.4. The van der Waals surface area contributed by atoms with E-state index in [1.165, 1.54) is 10.9 Å². The lowest BCUT2D eigenvalue weighted by atomic mass is 10.0. The lowest BCUT2D eigenvalue weighted by Crippen LogP contribution is -2.38. The molecule has 176 valence electrons. The van der Waals surface area contributed by atoms with Gasteiger partial charge in [0, 0.05) is 17.5 Å². The standard InChI is InChI=1S/C25H21F3N2O3S/c1-17(29-24(31)25(26,27)28)19-13-11-18(12-14-19)15-21-16-20-7-5-6-10-23(20)30(21)34(32,33)22-8-3-2-4-9-22/h2-14,16-17H,15H2,1H3,(H,29,31). The molecule has 0 saturated carbocycles. The fourth-order valence-electron chi connectivity index (χ4n) is 3.79. The maximum atomic E-state index is 13.5. The minimum absolute atomic E-state index is 0.169. The number of aromatic nitrogens is 1. The average molecular weight is 487 g/mol. The molecule has 1 unspecified atom stereocenters. The van der Waals surface area contributed by atoms with Crippen LogP contribution in [0.3, 0.4) is 0 Å². The largest absolute Gasteiger partial charge is 0.471 e. The first kappa shape index (κ1) is 23.6. The summed E-state index contributed by atoms with van der Waals surface area (Å²) in [6, 6.07) is 23.0. The second-order valence-electron chi connectivity index (χ2n) is 7.89. The molecule has 4 aromatic rings. The zero-order chi connectivity index (χ0) is 24.5. The van der Waals surface area contributed by atoms with Gasteiger partial charge in [-0.25, -0.2) is 12.4 Å². The summed E-state index contributed by atoms with van der Waals surface area (Å²) in [6.07, 6.45) is -4.67. The number of fused-ring (bicyclic) bond motifs is 1. The van der Waals surface area contributed by atoms with Crippen molar-refractivity contribution in [3.05, 3.63) is 102 Å². The van der Waals surface area contributed by atoms with Crippen LogP contribution in [-0.4, -0.2) is 24.5 Å². The van der Waals surface area contributed by atoms with Gasteiger partial charge in [-0.2, -0.15) is 13.2 Å². The number of para-hydroxylation sites is 1. The van der Waals surface area contributed by atoms with E-state index in [0.29, 0.717) is 16.8 Å². The number of benzene rings is 3. The summed E-state index contributed by atoms with van der Waals surface area (Å²) >= 11 is 0. The van der Waals surface area contributed by atoms with Gasteiger partial charge in [0.25, 0.3) is 10.0 Å². The van der Waals surface area contributed by atoms with Crippen LogP contribution in [0.1, 0.15) is 29.8 Å². The zero-order valence-electron chi connectivity index (χ0n) is 18.1. The van der Waals surface area contributed by atoms with Gasteiger partial charge in [0.05, 0.1) is 16.5 Å². The lowest BCUT2D eigenvalue weighted by molar-refractivity contribution is -0.174. The summed E-state index contributed by atoms with van der Waals surface area (Å²) < 4.78 is 65.8. The molecule has 4 rings (SSSR count). The van der Waals surface area contributed by atoms with Crippen molar-refractivity contribution in [2.24, 2.45) is 0 Å². The van der Waals surface area contributed by atoms with Crippen LogP contribution >= 0.6 is 0 Å². The number of carbonyl (C=O) groups excluding carboxylic acids is 1. The Kier molecular flexibility index (Phi) is 6.22. The Bertz CT molecular complexity index is 1430. The van der Waals surface area contributed by atoms with E-state index in [2.05, 4.69) is 0 Å². The highest BCUT2D eigenvalue weighted by Crippen LogP contribution is 2.28. The molecular formula is C25H21F3N2O3S. The molecule has 0 aliphatic carbocycles. The molecule has 1 amide bonds. The van der Waals surface area contributed by atoms with Crippen LogP contribution in [0.4, 0.5) is 13.2 Å². The fraction of sp³-hybridized carbons (Fsp3) is 0.160. The highest BCUT2D eigenvalue weighted by molar-refractivity contribution is 7.90. The number of hydrogen-bond donors (Lipinski definition) is 1. The van der Waals surface area contributed by atoms with E-state index in [1.54, 1.807) is 66.7 Å². The Labute approximate surface area is 194 Å². The molecule has 1 heterocycles. The number of carbonyl (C=O) groups is 1. The topological polar surface area (TPSA) is 68.2 Å². The maximum absolute atomic E-state index is 13.5. The Morgan fingerprint density at radius 2 is 1.56 bits per heavy atom. The number of nitrogens with one attached hydrogen (secondary N) is 1. The van der Waals surface area contributed by atoms with Crippen LogP contribution in [0.2, 0.25) is 0 Å². The summed E-state index contributed by atoms with van der Waals surface area (Å²) in [5, 5.41) is 2.70. The Hall–Kier alpha value is -3.59. The SMILES string of the molecule is CC(NC(=O)C(F)(F)F)c1ccc(Cc2cc3ccccc3n2S(=O)(=O)c2ccccc2)cc1. The first-order valence-corrected chi connectivity index (χ1v) is 11.9. The van der Waals surface area contributed by atoms with E-state index in [-0.39, 0.29) is 11.3 Å². The molecule has 3 aromatic carbocycles. The molecule has 0 aliphatic heterocycles. The number of amides is 1. The molecule has 1 aromatic heterocycles. The Morgan fingerprint density at radius 3 is 2.21 bits per heavy atom. The number of rotatable bonds is 6. The lowest BCUT2D eigenvalue weighted by Gasteiger charge is -2.16. The van der Waals surface area contributed by atoms with Crippen LogP contribution in [0, 0.1) is 0 Å². The van der Waals surface area contributed by atoms with Crippen molar-refractivity contribution < 1.29 is 26.4 Å². The van der Waals surface area contributed by atoms with E-state index in [4.69, 9.17) is 0 Å². The van der Waals surface area contributed by atoms with Gasteiger partial charge in [-0.1, -0.05) is 60.7 Å². The van der Waals surface area contributed by atoms with Crippen LogP contribution in [-0.2, 0) is 21.2 Å². The highest BCUT2D eigenvalue weighted by atomic mass is 32.2. The number of halogens is 3. The van der Waals surface area contributed by atoms with Crippen LogP contribution < -0.4 is 5.32 Å². The van der Waals surface area contributed by atoms with Gasteiger partial charge < -0.3 is 5.32 Å². The van der Waals surface area contributed by atoms with Crippen LogP contribution in [0.5, 0.6) is 0 Å². The van der Waals surface area contributed by atoms with E-state index in [0.717, 1.165) is 10.9 Å². The average Bonchev–Trinajstić information content (AvgIpc) is 3.18. The fourth-order valence-corrected chi connectivity index (χ4v) is 5.35. The van der Waals surface area contributed by atoms with Crippen molar-refractivity contribution in [2.45, 2.75) is 30.5 Å². The Morgan fingerprint density at radius 1 is 0.941 bits per heavy atom. The second-order valence-corrected chi connectivity index (χ2v) is 9.67. The van der Waals surface area contributed by atoms with Crippen LogP contribution in [0.25, 0.3) is 10.9 Å². The molecule has 5 nitrogen and oxygen atoms in total. The normalized spacial score (nSPS) is 13.1. The molecule has 0 saturated heterocycles. The van der Waals surface area contributed by atoms with Gasteiger partial charge in [-0.15, -0.1) is 0 Å². The predicted octanol–water partition coefficient (Wildman–Crippen LogP) is 5.21. The van der Waals surface area contributed by atoms with E-state index in [1.807, 2.05) is 23.5 Å². The number of hydrogen-bond acceptors (Lipinski definition) is 3. The summed E-state index contributed by atoms with van der Waals surface area (Å²) in [5.74, 6) is -2.00.